The van der Waals surface area contributed by atoms with Crippen LogP contribution in [0.2, 0.25) is 0 Å². The van der Waals surface area contributed by atoms with Crippen molar-refractivity contribution in [2.75, 3.05) is 44.4 Å². The number of anilines is 1. The van der Waals surface area contributed by atoms with Crippen molar-refractivity contribution in [1.82, 2.24) is 9.88 Å². The number of carbonyl (C=O) groups excluding carboxylic acids is 1. The number of carbonyl (C=O) groups is 1. The Morgan fingerprint density at radius 2 is 1.79 bits per heavy atom. The number of rotatable bonds is 13. The van der Waals surface area contributed by atoms with Crippen molar-refractivity contribution in [3.8, 4) is 35.1 Å². The normalized spacial score (nSPS) is 12.9. The van der Waals surface area contributed by atoms with Gasteiger partial charge in [0.2, 0.25) is 11.6 Å². The summed E-state index contributed by atoms with van der Waals surface area (Å²) in [5.74, 6) is -3.53. The second-order valence-corrected chi connectivity index (χ2v) is 11.0. The highest BCUT2D eigenvalue weighted by Crippen LogP contribution is 2.41. The van der Waals surface area contributed by atoms with Crippen LogP contribution in [0.1, 0.15) is 23.6 Å². The van der Waals surface area contributed by atoms with Gasteiger partial charge in [-0.2, -0.15) is 31.7 Å². The highest BCUT2D eigenvalue weighted by Gasteiger charge is 2.33. The van der Waals surface area contributed by atoms with Crippen molar-refractivity contribution < 1.29 is 32.5 Å². The number of benzene rings is 3. The summed E-state index contributed by atoms with van der Waals surface area (Å²) in [4.78, 5) is 24.4. The predicted molar refractivity (Wildman–Crippen MR) is 179 cm³/mol. The van der Waals surface area contributed by atoms with Gasteiger partial charge in [0.05, 0.1) is 24.8 Å². The van der Waals surface area contributed by atoms with Gasteiger partial charge in [-0.05, 0) is 36.8 Å². The Balaban J connectivity index is 1.58. The molecule has 10 nitrogen and oxygen atoms in total. The molecule has 0 fully saturated rings. The van der Waals surface area contributed by atoms with Gasteiger partial charge in [-0.3, -0.25) is 4.99 Å². The SMILES string of the molecule is CCOC(=O)C(CS)N(C)c1c(F)c(Oc2cccc(C3=NCCN3C)c2)nc(Oc2cc(C#N)ccc2OCc2ccccc2)c1F. The van der Waals surface area contributed by atoms with Crippen molar-refractivity contribution in [3.05, 3.63) is 101 Å². The van der Waals surface area contributed by atoms with Crippen LogP contribution in [-0.2, 0) is 16.1 Å². The fourth-order valence-corrected chi connectivity index (χ4v) is 5.35. The van der Waals surface area contributed by atoms with Crippen LogP contribution >= 0.6 is 12.6 Å². The van der Waals surface area contributed by atoms with Gasteiger partial charge >= 0.3 is 5.97 Å². The molecule has 5 rings (SSSR count). The minimum atomic E-state index is -1.23. The van der Waals surface area contributed by atoms with Gasteiger partial charge < -0.3 is 28.7 Å². The predicted octanol–water partition coefficient (Wildman–Crippen LogP) is 6.38. The van der Waals surface area contributed by atoms with Gasteiger partial charge in [0.15, 0.2) is 11.5 Å². The first-order valence-corrected chi connectivity index (χ1v) is 15.7. The van der Waals surface area contributed by atoms with Crippen molar-refractivity contribution in [2.45, 2.75) is 19.6 Å². The van der Waals surface area contributed by atoms with E-state index in [0.717, 1.165) is 28.4 Å². The second-order valence-electron chi connectivity index (χ2n) is 10.7. The molecule has 0 saturated carbocycles. The van der Waals surface area contributed by atoms with Crippen LogP contribution in [0.15, 0.2) is 77.8 Å². The third-order valence-electron chi connectivity index (χ3n) is 7.43. The second kappa shape index (κ2) is 15.5. The molecule has 3 aromatic carbocycles. The Morgan fingerprint density at radius 1 is 1.04 bits per heavy atom. The topological polar surface area (TPSA) is 110 Å². The number of aliphatic imine (C=N–C) groups is 1. The van der Waals surface area contributed by atoms with E-state index in [2.05, 4.69) is 22.6 Å². The summed E-state index contributed by atoms with van der Waals surface area (Å²) in [5.41, 5.74) is 1.12. The van der Waals surface area contributed by atoms with E-state index in [9.17, 15) is 10.1 Å². The third kappa shape index (κ3) is 7.61. The third-order valence-corrected chi connectivity index (χ3v) is 7.77. The molecule has 13 heteroatoms. The van der Waals surface area contributed by atoms with Crippen molar-refractivity contribution >= 4 is 30.1 Å². The minimum absolute atomic E-state index is 0.0528. The molecule has 0 aliphatic carbocycles. The molecule has 1 aliphatic heterocycles. The quantitative estimate of drug-likeness (QED) is 0.128. The maximum Gasteiger partial charge on any atom is 0.329 e. The van der Waals surface area contributed by atoms with E-state index in [1.807, 2.05) is 54.4 Å². The molecule has 4 aromatic rings. The lowest BCUT2D eigenvalue weighted by molar-refractivity contribution is -0.144. The molecule has 0 radical (unpaired) electrons. The molecule has 0 saturated heterocycles. The fourth-order valence-electron chi connectivity index (χ4n) is 4.95. The lowest BCUT2D eigenvalue weighted by Crippen LogP contribution is -2.42. The number of pyridine rings is 1. The number of hydrogen-bond acceptors (Lipinski definition) is 11. The van der Waals surface area contributed by atoms with Gasteiger partial charge in [0.25, 0.3) is 11.8 Å². The molecule has 1 aliphatic rings. The van der Waals surface area contributed by atoms with Crippen LogP contribution in [0.4, 0.5) is 14.5 Å². The lowest BCUT2D eigenvalue weighted by atomic mass is 10.2. The summed E-state index contributed by atoms with van der Waals surface area (Å²) in [7, 11) is 3.24. The molecule has 248 valence electrons. The maximum atomic E-state index is 16.4. The number of nitrogens with zero attached hydrogens (tertiary/aromatic N) is 5. The molecular formula is C35H33F2N5O5S. The molecular weight excluding hydrogens is 640 g/mol. The molecule has 0 N–H and O–H groups in total. The monoisotopic (exact) mass is 673 g/mol. The largest absolute Gasteiger partial charge is 0.485 e. The van der Waals surface area contributed by atoms with E-state index in [-0.39, 0.29) is 41.8 Å². The van der Waals surface area contributed by atoms with Gasteiger partial charge in [0.1, 0.15) is 29.9 Å². The number of amidine groups is 1. The van der Waals surface area contributed by atoms with E-state index in [0.29, 0.717) is 6.54 Å². The lowest BCUT2D eigenvalue weighted by Gasteiger charge is -2.28. The standard InChI is InChI=1S/C35H33F2N5O5S/c1-4-44-35(43)26(21-48)42(3)31-29(36)33(46-25-12-8-11-24(18-25)32-39-15-16-41(32)2)40-34(30(31)37)47-28-17-23(19-38)13-14-27(28)45-20-22-9-6-5-7-10-22/h5-14,17-18,26,48H,4,15-16,20-21H2,1-3H3. The molecule has 1 unspecified atom stereocenters. The first-order chi connectivity index (χ1) is 23.2. The summed E-state index contributed by atoms with van der Waals surface area (Å²) < 4.78 is 55.6. The molecule has 0 bridgehead atoms. The Morgan fingerprint density at radius 3 is 2.46 bits per heavy atom. The maximum absolute atomic E-state index is 16.4. The number of likely N-dealkylation sites (N-methyl/N-ethyl adjacent to an activating group) is 2. The fraction of sp³-hybridized carbons (Fsp3) is 0.257. The summed E-state index contributed by atoms with van der Waals surface area (Å²) in [5, 5.41) is 9.57. The van der Waals surface area contributed by atoms with Crippen LogP contribution in [0.3, 0.4) is 0 Å². The number of nitriles is 1. The Kier molecular flexibility index (Phi) is 11.0. The average molecular weight is 674 g/mol. The van der Waals surface area contributed by atoms with E-state index >= 15 is 8.78 Å². The van der Waals surface area contributed by atoms with Crippen LogP contribution < -0.4 is 19.1 Å². The van der Waals surface area contributed by atoms with Crippen LogP contribution in [0.25, 0.3) is 0 Å². The first-order valence-electron chi connectivity index (χ1n) is 15.1. The van der Waals surface area contributed by atoms with Crippen LogP contribution in [-0.4, -0.2) is 67.3 Å². The first kappa shape index (κ1) is 34.0. The number of esters is 1. The molecule has 48 heavy (non-hydrogen) atoms. The number of thiol groups is 1. The average Bonchev–Trinajstić information content (AvgIpc) is 3.53. The number of aromatic nitrogens is 1. The highest BCUT2D eigenvalue weighted by atomic mass is 32.1. The Labute approximate surface area is 282 Å². The number of hydrogen-bond donors (Lipinski definition) is 1. The van der Waals surface area contributed by atoms with Crippen molar-refractivity contribution in [1.29, 1.82) is 5.26 Å². The van der Waals surface area contributed by atoms with E-state index in [1.54, 1.807) is 25.1 Å². The van der Waals surface area contributed by atoms with Crippen molar-refractivity contribution in [2.24, 2.45) is 4.99 Å². The molecule has 2 heterocycles. The molecule has 0 amide bonds. The zero-order valence-corrected chi connectivity index (χ0v) is 27.4. The Bertz CT molecular complexity index is 1850. The van der Waals surface area contributed by atoms with Crippen LogP contribution in [0.5, 0.6) is 29.0 Å². The molecule has 1 aromatic heterocycles. The van der Waals surface area contributed by atoms with Crippen LogP contribution in [0, 0.1) is 23.0 Å². The molecule has 0 spiro atoms. The summed E-state index contributed by atoms with van der Waals surface area (Å²) in [6, 6.07) is 21.3. The number of ether oxygens (including phenoxy) is 4. The van der Waals surface area contributed by atoms with Gasteiger partial charge in [-0.1, -0.05) is 42.5 Å². The van der Waals surface area contributed by atoms with Crippen molar-refractivity contribution in [3.63, 3.8) is 0 Å². The Hall–Kier alpha value is -5.35. The number of halogens is 2. The summed E-state index contributed by atoms with van der Waals surface area (Å²) in [6.07, 6.45) is 0. The van der Waals surface area contributed by atoms with E-state index < -0.39 is 41.1 Å². The van der Waals surface area contributed by atoms with E-state index in [4.69, 9.17) is 18.9 Å². The highest BCUT2D eigenvalue weighted by molar-refractivity contribution is 7.80. The smallest absolute Gasteiger partial charge is 0.329 e. The summed E-state index contributed by atoms with van der Waals surface area (Å²) >= 11 is 4.24. The van der Waals surface area contributed by atoms with Gasteiger partial charge in [-0.25, -0.2) is 4.79 Å². The van der Waals surface area contributed by atoms with E-state index in [1.165, 1.54) is 25.2 Å². The summed E-state index contributed by atoms with van der Waals surface area (Å²) in [6.45, 7) is 3.21. The van der Waals surface area contributed by atoms with Gasteiger partial charge in [-0.15, -0.1) is 0 Å². The minimum Gasteiger partial charge on any atom is -0.485 e. The molecule has 1 atom stereocenters. The van der Waals surface area contributed by atoms with Gasteiger partial charge in [0, 0.05) is 38.0 Å². The zero-order valence-electron chi connectivity index (χ0n) is 26.5. The zero-order chi connectivity index (χ0) is 34.2.